The topological polar surface area (TPSA) is 81.2 Å². The van der Waals surface area contributed by atoms with Crippen LogP contribution in [0.25, 0.3) is 11.0 Å². The fourth-order valence-electron chi connectivity index (χ4n) is 3.32. The average molecular weight is 489 g/mol. The molecule has 170 valence electrons. The van der Waals surface area contributed by atoms with Gasteiger partial charge in [-0.05, 0) is 42.8 Å². The highest BCUT2D eigenvalue weighted by Crippen LogP contribution is 2.28. The Hall–Kier alpha value is -1.97. The van der Waals surface area contributed by atoms with Gasteiger partial charge >= 0.3 is 0 Å². The van der Waals surface area contributed by atoms with Gasteiger partial charge in [-0.3, -0.25) is 4.98 Å². The van der Waals surface area contributed by atoms with Crippen molar-refractivity contribution in [1.29, 1.82) is 0 Å². The van der Waals surface area contributed by atoms with E-state index in [4.69, 9.17) is 5.73 Å². The van der Waals surface area contributed by atoms with Gasteiger partial charge in [0.15, 0.2) is 0 Å². The van der Waals surface area contributed by atoms with E-state index in [1.54, 1.807) is 30.5 Å². The first-order valence-corrected chi connectivity index (χ1v) is 10.7. The van der Waals surface area contributed by atoms with E-state index < -0.39 is 10.0 Å². The number of benzene rings is 1. The van der Waals surface area contributed by atoms with E-state index in [1.807, 2.05) is 23.6 Å². The van der Waals surface area contributed by atoms with E-state index >= 15 is 0 Å². The molecule has 0 aliphatic heterocycles. The van der Waals surface area contributed by atoms with Crippen LogP contribution in [0.4, 0.5) is 4.39 Å². The maximum atomic E-state index is 14.1. The lowest BCUT2D eigenvalue weighted by atomic mass is 10.0. The summed E-state index contributed by atoms with van der Waals surface area (Å²) in [5.41, 5.74) is 9.95. The van der Waals surface area contributed by atoms with E-state index in [-0.39, 0.29) is 48.6 Å². The lowest BCUT2D eigenvalue weighted by Gasteiger charge is -2.12. The molecule has 0 aliphatic rings. The first kappa shape index (κ1) is 27.1. The van der Waals surface area contributed by atoms with Gasteiger partial charge in [0, 0.05) is 44.5 Å². The average Bonchev–Trinajstić information content (AvgIpc) is 2.94. The fourth-order valence-corrected chi connectivity index (χ4v) is 4.22. The Labute approximate surface area is 194 Å². The first-order chi connectivity index (χ1) is 13.8. The number of nitrogens with two attached hydrogens (primary N) is 1. The second kappa shape index (κ2) is 11.1. The minimum atomic E-state index is -3.47. The van der Waals surface area contributed by atoms with Crippen LogP contribution in [-0.4, -0.2) is 42.9 Å². The number of aromatic nitrogens is 2. The largest absolute Gasteiger partial charge is 0.336 e. The lowest BCUT2D eigenvalue weighted by Crippen LogP contribution is -2.22. The third-order valence-electron chi connectivity index (χ3n) is 4.94. The molecule has 0 spiro atoms. The minimum absolute atomic E-state index is 0. The number of rotatable bonds is 7. The molecule has 0 saturated heterocycles. The van der Waals surface area contributed by atoms with Gasteiger partial charge in [-0.15, -0.1) is 24.8 Å². The lowest BCUT2D eigenvalue weighted by molar-refractivity contribution is 0.520. The number of hydrogen-bond donors (Lipinski definition) is 1. The van der Waals surface area contributed by atoms with E-state index in [0.29, 0.717) is 6.42 Å². The SMILES string of the molecule is Cc1c(Cc2ccc(S(=O)(=O)N(C)C)cc2)c2ncccc2n1CC(F)=CCN.Cl.Cl. The van der Waals surface area contributed by atoms with Crippen LogP contribution < -0.4 is 5.73 Å². The number of nitrogens with zero attached hydrogens (tertiary/aromatic N) is 3. The fraction of sp³-hybridized carbons (Fsp3) is 0.286. The molecule has 31 heavy (non-hydrogen) atoms. The Morgan fingerprint density at radius 1 is 1.19 bits per heavy atom. The van der Waals surface area contributed by atoms with E-state index in [0.717, 1.165) is 27.9 Å². The third kappa shape index (κ3) is 5.64. The highest BCUT2D eigenvalue weighted by Gasteiger charge is 2.19. The van der Waals surface area contributed by atoms with Crippen molar-refractivity contribution >= 4 is 45.9 Å². The van der Waals surface area contributed by atoms with Crippen molar-refractivity contribution in [3.8, 4) is 0 Å². The van der Waals surface area contributed by atoms with E-state index in [2.05, 4.69) is 4.98 Å². The van der Waals surface area contributed by atoms with Gasteiger partial charge in [0.25, 0.3) is 0 Å². The van der Waals surface area contributed by atoms with Gasteiger partial charge in [-0.25, -0.2) is 17.1 Å². The van der Waals surface area contributed by atoms with Crippen LogP contribution in [0.15, 0.2) is 59.4 Å². The molecule has 2 aromatic heterocycles. The number of allylic oxidation sites excluding steroid dienone is 1. The molecule has 0 aliphatic carbocycles. The molecule has 0 bridgehead atoms. The molecule has 2 heterocycles. The van der Waals surface area contributed by atoms with Crippen LogP contribution in [0.2, 0.25) is 0 Å². The summed E-state index contributed by atoms with van der Waals surface area (Å²) in [7, 11) is -0.455. The first-order valence-electron chi connectivity index (χ1n) is 9.24. The molecule has 10 heteroatoms. The zero-order valence-corrected chi connectivity index (χ0v) is 20.0. The summed E-state index contributed by atoms with van der Waals surface area (Å²) >= 11 is 0. The zero-order chi connectivity index (χ0) is 21.2. The summed E-state index contributed by atoms with van der Waals surface area (Å²) in [5, 5.41) is 0. The molecule has 0 atom stereocenters. The zero-order valence-electron chi connectivity index (χ0n) is 17.6. The Morgan fingerprint density at radius 3 is 2.42 bits per heavy atom. The molecule has 0 amide bonds. The number of sulfonamides is 1. The molecule has 0 unspecified atom stereocenters. The van der Waals surface area contributed by atoms with Crippen LogP contribution in [0.5, 0.6) is 0 Å². The highest BCUT2D eigenvalue weighted by molar-refractivity contribution is 7.89. The maximum absolute atomic E-state index is 14.1. The number of pyridine rings is 1. The summed E-state index contributed by atoms with van der Waals surface area (Å²) in [6.45, 7) is 2.19. The van der Waals surface area contributed by atoms with Gasteiger partial charge in [-0.1, -0.05) is 12.1 Å². The highest BCUT2D eigenvalue weighted by atomic mass is 35.5. The van der Waals surface area contributed by atoms with E-state index in [1.165, 1.54) is 24.5 Å². The number of halogens is 3. The van der Waals surface area contributed by atoms with Gasteiger partial charge in [-0.2, -0.15) is 0 Å². The normalized spacial score (nSPS) is 12.0. The summed E-state index contributed by atoms with van der Waals surface area (Å²) in [6.07, 6.45) is 3.65. The number of fused-ring (bicyclic) bond motifs is 1. The van der Waals surface area contributed by atoms with Crippen molar-refractivity contribution in [2.24, 2.45) is 5.73 Å². The second-order valence-electron chi connectivity index (χ2n) is 7.02. The van der Waals surface area contributed by atoms with E-state index in [9.17, 15) is 12.8 Å². The predicted molar refractivity (Wildman–Crippen MR) is 127 cm³/mol. The minimum Gasteiger partial charge on any atom is -0.336 e. The molecule has 1 aromatic carbocycles. The van der Waals surface area contributed by atoms with Crippen LogP contribution in [0.3, 0.4) is 0 Å². The van der Waals surface area contributed by atoms with Crippen LogP contribution in [-0.2, 0) is 23.0 Å². The van der Waals surface area contributed by atoms with Crippen molar-refractivity contribution < 1.29 is 12.8 Å². The maximum Gasteiger partial charge on any atom is 0.242 e. The summed E-state index contributed by atoms with van der Waals surface area (Å²) in [4.78, 5) is 4.75. The predicted octanol–water partition coefficient (Wildman–Crippen LogP) is 3.84. The second-order valence-corrected chi connectivity index (χ2v) is 9.17. The molecule has 6 nitrogen and oxygen atoms in total. The number of hydrogen-bond acceptors (Lipinski definition) is 4. The molecule has 2 N–H and O–H groups in total. The standard InChI is InChI=1S/C21H25FN4O2S.2ClH/c1-15-19(13-16-6-8-18(9-7-16)29(27,28)25(2)3)21-20(5-4-12-24-21)26(15)14-17(22)10-11-23;;/h4-10,12H,11,13-14,23H2,1-3H3;2*1H. The molecule has 3 rings (SSSR count). The van der Waals surface area contributed by atoms with Crippen LogP contribution >= 0.6 is 24.8 Å². The Bertz CT molecular complexity index is 1160. The monoisotopic (exact) mass is 488 g/mol. The van der Waals surface area contributed by atoms with Crippen LogP contribution in [0.1, 0.15) is 16.8 Å². The molecule has 0 radical (unpaired) electrons. The molecule has 0 saturated carbocycles. The molecule has 3 aromatic rings. The molecule has 0 fully saturated rings. The Morgan fingerprint density at radius 2 is 1.84 bits per heavy atom. The van der Waals surface area contributed by atoms with Crippen molar-refractivity contribution in [2.75, 3.05) is 20.6 Å². The molecular weight excluding hydrogens is 462 g/mol. The van der Waals surface area contributed by atoms with Gasteiger partial charge in [0.1, 0.15) is 5.83 Å². The quantitative estimate of drug-likeness (QED) is 0.547. The van der Waals surface area contributed by atoms with Gasteiger partial charge in [0.2, 0.25) is 10.0 Å². The smallest absolute Gasteiger partial charge is 0.242 e. The Balaban J connectivity index is 0.00000240. The summed E-state index contributed by atoms with van der Waals surface area (Å²) < 4.78 is 41.7. The summed E-state index contributed by atoms with van der Waals surface area (Å²) in [5.74, 6) is -0.291. The van der Waals surface area contributed by atoms with Crippen molar-refractivity contribution in [2.45, 2.75) is 24.8 Å². The van der Waals surface area contributed by atoms with Crippen LogP contribution in [0, 0.1) is 6.92 Å². The molecular formula is C21H27Cl2FN4O2S. The van der Waals surface area contributed by atoms with Gasteiger partial charge in [0.05, 0.1) is 22.5 Å². The van der Waals surface area contributed by atoms with Gasteiger partial charge < -0.3 is 10.3 Å². The third-order valence-corrected chi connectivity index (χ3v) is 6.77. The summed E-state index contributed by atoms with van der Waals surface area (Å²) in [6, 6.07) is 10.6. The van der Waals surface area contributed by atoms with Crippen molar-refractivity contribution in [1.82, 2.24) is 13.9 Å². The Kier molecular flexibility index (Phi) is 9.66. The van der Waals surface area contributed by atoms with Crippen molar-refractivity contribution in [3.05, 3.63) is 71.3 Å². The van der Waals surface area contributed by atoms with Crippen molar-refractivity contribution in [3.63, 3.8) is 0 Å².